The molecule has 0 bridgehead atoms. The molecule has 0 aromatic carbocycles. The summed E-state index contributed by atoms with van der Waals surface area (Å²) in [5, 5.41) is 20.8. The van der Waals surface area contributed by atoms with Gasteiger partial charge in [0.1, 0.15) is 25.5 Å². The smallest absolute Gasteiger partial charge is 0.462 e. The number of phosphoric ester groups is 1. The summed E-state index contributed by atoms with van der Waals surface area (Å²) in [6, 6.07) is 0. The number of unbranched alkanes of at least 4 members (excludes halogenated alkanes) is 16. The van der Waals surface area contributed by atoms with E-state index >= 15 is 0 Å². The normalized spacial score (nSPS) is 19.4. The summed E-state index contributed by atoms with van der Waals surface area (Å²) >= 11 is 0. The first-order valence-corrected chi connectivity index (χ1v) is 24.7. The van der Waals surface area contributed by atoms with E-state index in [0.717, 1.165) is 64.2 Å². The molecular weight excluding hydrogens is 773 g/mol. The van der Waals surface area contributed by atoms with Crippen LogP contribution in [-0.4, -0.2) is 103 Å². The fourth-order valence-electron chi connectivity index (χ4n) is 7.15. The summed E-state index contributed by atoms with van der Waals surface area (Å²) in [7, 11) is 1.33. The Labute approximate surface area is 358 Å². The van der Waals surface area contributed by atoms with Crippen molar-refractivity contribution in [2.24, 2.45) is 11.8 Å². The second-order valence-corrected chi connectivity index (χ2v) is 19.0. The van der Waals surface area contributed by atoms with E-state index in [1.54, 1.807) is 12.2 Å². The number of allylic oxidation sites excluding steroid dienone is 3. The van der Waals surface area contributed by atoms with Crippen LogP contribution in [0.5, 0.6) is 0 Å². The van der Waals surface area contributed by atoms with Gasteiger partial charge in [-0.15, -0.1) is 0 Å². The summed E-state index contributed by atoms with van der Waals surface area (Å²) in [6.45, 7) is 4.03. The molecule has 6 atom stereocenters. The SMILES string of the molecule is CCCCCC/C=C\CCCCCCCCCC(=O)OC[C@H](COP(=O)(O)OCC[N+](C)(C)C)OC(=O)CCCCCC[C@H]1[C@@H](O)CC(=O)[C@@H]1/C=C/[C@@H](O)CCCCC. The number of ketones is 1. The lowest BCUT2D eigenvalue weighted by atomic mass is 9.88. The van der Waals surface area contributed by atoms with Crippen LogP contribution in [0.3, 0.4) is 0 Å². The third-order valence-corrected chi connectivity index (χ3v) is 11.8. The monoisotopic (exact) mass is 859 g/mol. The van der Waals surface area contributed by atoms with E-state index in [4.69, 9.17) is 18.5 Å². The zero-order valence-corrected chi connectivity index (χ0v) is 38.6. The van der Waals surface area contributed by atoms with Crippen LogP contribution in [0.25, 0.3) is 0 Å². The number of phosphoric acid groups is 1. The molecule has 12 nitrogen and oxygen atoms in total. The van der Waals surface area contributed by atoms with E-state index in [1.165, 1.54) is 51.4 Å². The molecular formula is C46H85NO11P+. The molecule has 1 rings (SSSR count). The largest absolute Gasteiger partial charge is 0.472 e. The van der Waals surface area contributed by atoms with Gasteiger partial charge in [0.15, 0.2) is 6.10 Å². The van der Waals surface area contributed by atoms with Gasteiger partial charge in [-0.1, -0.05) is 128 Å². The Hall–Kier alpha value is -1.92. The number of ether oxygens (including phenoxy) is 2. The number of carbonyl (C=O) groups excluding carboxylic acids is 3. The molecule has 1 saturated carbocycles. The molecule has 0 heterocycles. The van der Waals surface area contributed by atoms with Crippen molar-refractivity contribution in [1.82, 2.24) is 0 Å². The fraction of sp³-hybridized carbons (Fsp3) is 0.848. The molecule has 344 valence electrons. The summed E-state index contributed by atoms with van der Waals surface area (Å²) in [5.74, 6) is -1.54. The molecule has 1 unspecified atom stereocenters. The number of esters is 2. The molecule has 59 heavy (non-hydrogen) atoms. The average molecular weight is 859 g/mol. The van der Waals surface area contributed by atoms with E-state index in [1.807, 2.05) is 21.1 Å². The van der Waals surface area contributed by atoms with E-state index in [9.17, 15) is 34.1 Å². The second kappa shape index (κ2) is 33.7. The third kappa shape index (κ3) is 30.7. The van der Waals surface area contributed by atoms with Crippen LogP contribution in [0.4, 0.5) is 0 Å². The van der Waals surface area contributed by atoms with Gasteiger partial charge in [0.25, 0.3) is 0 Å². The van der Waals surface area contributed by atoms with Gasteiger partial charge in [-0.2, -0.15) is 0 Å². The van der Waals surface area contributed by atoms with Crippen molar-refractivity contribution >= 4 is 25.5 Å². The van der Waals surface area contributed by atoms with Crippen molar-refractivity contribution in [2.75, 3.05) is 47.5 Å². The average Bonchev–Trinajstić information content (AvgIpc) is 3.44. The van der Waals surface area contributed by atoms with Crippen molar-refractivity contribution in [2.45, 2.75) is 193 Å². The number of rotatable bonds is 38. The molecule has 0 saturated heterocycles. The molecule has 0 aromatic rings. The Balaban J connectivity index is 2.46. The number of Topliss-reactive ketones (excluding diaryl/α,β-unsaturated/α-hetero) is 1. The topological polar surface area (TPSA) is 166 Å². The van der Waals surface area contributed by atoms with Crippen LogP contribution >= 0.6 is 7.82 Å². The molecule has 13 heteroatoms. The minimum Gasteiger partial charge on any atom is -0.462 e. The highest BCUT2D eigenvalue weighted by Crippen LogP contribution is 2.43. The lowest BCUT2D eigenvalue weighted by molar-refractivity contribution is -0.870. The number of aliphatic hydroxyl groups is 2. The molecule has 0 aliphatic heterocycles. The van der Waals surface area contributed by atoms with Crippen LogP contribution in [0.2, 0.25) is 0 Å². The van der Waals surface area contributed by atoms with Gasteiger partial charge in [-0.05, 0) is 57.3 Å². The number of hydrogen-bond acceptors (Lipinski definition) is 10. The summed E-state index contributed by atoms with van der Waals surface area (Å²) < 4.78 is 34.3. The molecule has 3 N–H and O–H groups in total. The van der Waals surface area contributed by atoms with Crippen LogP contribution in [0, 0.1) is 11.8 Å². The number of aliphatic hydroxyl groups excluding tert-OH is 2. The third-order valence-electron chi connectivity index (χ3n) is 10.9. The maximum absolute atomic E-state index is 12.8. The van der Waals surface area contributed by atoms with Gasteiger partial charge >= 0.3 is 19.8 Å². The van der Waals surface area contributed by atoms with Gasteiger partial charge in [0.05, 0.1) is 40.0 Å². The fourth-order valence-corrected chi connectivity index (χ4v) is 7.89. The van der Waals surface area contributed by atoms with Gasteiger partial charge in [0.2, 0.25) is 0 Å². The Morgan fingerprint density at radius 1 is 0.780 bits per heavy atom. The first-order valence-electron chi connectivity index (χ1n) is 23.2. The lowest BCUT2D eigenvalue weighted by Gasteiger charge is -2.24. The van der Waals surface area contributed by atoms with Crippen LogP contribution in [0.1, 0.15) is 174 Å². The van der Waals surface area contributed by atoms with Crippen LogP contribution < -0.4 is 0 Å². The van der Waals surface area contributed by atoms with Gasteiger partial charge in [-0.3, -0.25) is 23.4 Å². The van der Waals surface area contributed by atoms with E-state index < -0.39 is 50.6 Å². The van der Waals surface area contributed by atoms with Gasteiger partial charge in [0, 0.05) is 25.2 Å². The molecule has 1 fully saturated rings. The molecule has 0 aromatic heterocycles. The maximum Gasteiger partial charge on any atom is 0.472 e. The van der Waals surface area contributed by atoms with Gasteiger partial charge in [-0.25, -0.2) is 4.57 Å². The number of carbonyl (C=O) groups is 3. The predicted octanol–water partition coefficient (Wildman–Crippen LogP) is 9.72. The van der Waals surface area contributed by atoms with Gasteiger partial charge < -0.3 is 29.1 Å². The van der Waals surface area contributed by atoms with Crippen LogP contribution in [-0.2, 0) is 37.5 Å². The zero-order valence-electron chi connectivity index (χ0n) is 37.7. The quantitative estimate of drug-likeness (QED) is 0.0178. The maximum atomic E-state index is 12.8. The van der Waals surface area contributed by atoms with E-state index in [-0.39, 0.29) is 44.2 Å². The van der Waals surface area contributed by atoms with Crippen molar-refractivity contribution < 1.29 is 57.1 Å². The standard InChI is InChI=1S/C46H84NO11P/c1-6-8-10-11-12-13-14-15-16-17-18-19-20-21-26-30-45(51)55-37-40(38-57-59(53,54)56-35-34-47(3,4)5)58-46(52)31-27-23-22-25-29-41-42(44(50)36-43(41)49)33-32-39(48)28-24-9-7-2/h13-14,32-33,39-43,48-49H,6-12,15-31,34-38H2,1-5H3/p+1/b14-13-,33-32+/t39-,40+,41+,42+,43-/m0/s1. The highest BCUT2D eigenvalue weighted by molar-refractivity contribution is 7.47. The molecule has 0 radical (unpaired) electrons. The Kier molecular flexibility index (Phi) is 31.4. The van der Waals surface area contributed by atoms with E-state index in [0.29, 0.717) is 36.7 Å². The lowest BCUT2D eigenvalue weighted by Crippen LogP contribution is -2.37. The minimum absolute atomic E-state index is 0.00287. The van der Waals surface area contributed by atoms with Crippen LogP contribution in [0.15, 0.2) is 24.3 Å². The Bertz CT molecular complexity index is 1220. The first-order chi connectivity index (χ1) is 28.2. The highest BCUT2D eigenvalue weighted by Gasteiger charge is 2.39. The highest BCUT2D eigenvalue weighted by atomic mass is 31.2. The number of likely N-dealkylation sites (N-methyl/N-ethyl adjacent to an activating group) is 1. The molecule has 0 spiro atoms. The molecule has 1 aliphatic carbocycles. The first kappa shape index (κ1) is 55.1. The minimum atomic E-state index is -4.44. The number of quaternary nitrogens is 1. The summed E-state index contributed by atoms with van der Waals surface area (Å²) in [5.41, 5.74) is 0. The summed E-state index contributed by atoms with van der Waals surface area (Å²) in [4.78, 5) is 48.2. The van der Waals surface area contributed by atoms with Crippen molar-refractivity contribution in [1.29, 1.82) is 0 Å². The predicted molar refractivity (Wildman–Crippen MR) is 235 cm³/mol. The molecule has 0 amide bonds. The summed E-state index contributed by atoms with van der Waals surface area (Å²) in [6.07, 6.45) is 28.4. The number of hydrogen-bond donors (Lipinski definition) is 3. The Morgan fingerprint density at radius 2 is 1.34 bits per heavy atom. The van der Waals surface area contributed by atoms with E-state index in [2.05, 4.69) is 26.0 Å². The van der Waals surface area contributed by atoms with Crippen molar-refractivity contribution in [3.8, 4) is 0 Å². The Morgan fingerprint density at radius 3 is 1.97 bits per heavy atom. The second-order valence-electron chi connectivity index (χ2n) is 17.6. The van der Waals surface area contributed by atoms with Crippen molar-refractivity contribution in [3.63, 3.8) is 0 Å². The molecule has 1 aliphatic rings. The zero-order chi connectivity index (χ0) is 43.8. The van der Waals surface area contributed by atoms with Crippen molar-refractivity contribution in [3.05, 3.63) is 24.3 Å². The number of nitrogens with zero attached hydrogens (tertiary/aromatic N) is 1.